The molecular weight excluding hydrogens is 290 g/mol. The third-order valence-corrected chi connectivity index (χ3v) is 3.71. The van der Waals surface area contributed by atoms with Crippen molar-refractivity contribution in [2.45, 2.75) is 20.5 Å². The fraction of sp³-hybridized carbons (Fsp3) is 0.188. The van der Waals surface area contributed by atoms with Crippen molar-refractivity contribution < 1.29 is 4.74 Å². The Morgan fingerprint density at radius 2 is 1.90 bits per heavy atom. The van der Waals surface area contributed by atoms with Crippen LogP contribution in [0.15, 0.2) is 36.4 Å². The van der Waals surface area contributed by atoms with Crippen LogP contribution in [0.1, 0.15) is 22.3 Å². The van der Waals surface area contributed by atoms with Gasteiger partial charge in [-0.05, 0) is 48.7 Å². The Bertz CT molecular complexity index is 655. The first-order valence-corrected chi connectivity index (χ1v) is 7.04. The molecule has 0 spiro atoms. The first kappa shape index (κ1) is 14.8. The molecule has 0 fully saturated rings. The zero-order valence-electron chi connectivity index (χ0n) is 11.4. The van der Waals surface area contributed by atoms with E-state index in [1.54, 1.807) is 12.1 Å². The molecule has 0 atom stereocenters. The van der Waals surface area contributed by atoms with Crippen LogP contribution in [0.3, 0.4) is 0 Å². The summed E-state index contributed by atoms with van der Waals surface area (Å²) in [6.07, 6.45) is 0. The molecule has 0 saturated heterocycles. The van der Waals surface area contributed by atoms with E-state index in [2.05, 4.69) is 32.0 Å². The van der Waals surface area contributed by atoms with Crippen molar-refractivity contribution in [3.8, 4) is 5.75 Å². The molecule has 0 bridgehead atoms. The minimum Gasteiger partial charge on any atom is -0.487 e. The van der Waals surface area contributed by atoms with Gasteiger partial charge in [0.1, 0.15) is 17.3 Å². The molecule has 2 N–H and O–H groups in total. The second-order valence-electron chi connectivity index (χ2n) is 4.72. The van der Waals surface area contributed by atoms with Gasteiger partial charge in [0.2, 0.25) is 0 Å². The molecule has 2 aromatic rings. The molecule has 2 rings (SSSR count). The zero-order valence-corrected chi connectivity index (χ0v) is 13.0. The van der Waals surface area contributed by atoms with E-state index in [4.69, 9.17) is 34.3 Å². The predicted octanol–water partition coefficient (Wildman–Crippen LogP) is 4.17. The lowest BCUT2D eigenvalue weighted by molar-refractivity contribution is 0.306. The summed E-state index contributed by atoms with van der Waals surface area (Å²) in [7, 11) is 0. The van der Waals surface area contributed by atoms with Gasteiger partial charge in [-0.15, -0.1) is 0 Å². The molecule has 0 amide bonds. The SMILES string of the molecule is Cc1ccc(COc2ccc(C(N)=S)cc2Cl)cc1C. The molecule has 20 heavy (non-hydrogen) atoms. The van der Waals surface area contributed by atoms with Gasteiger partial charge >= 0.3 is 0 Å². The van der Waals surface area contributed by atoms with Gasteiger partial charge in [-0.3, -0.25) is 0 Å². The molecule has 2 nitrogen and oxygen atoms in total. The van der Waals surface area contributed by atoms with Crippen molar-refractivity contribution in [1.82, 2.24) is 0 Å². The van der Waals surface area contributed by atoms with E-state index in [9.17, 15) is 0 Å². The van der Waals surface area contributed by atoms with Crippen LogP contribution in [0.5, 0.6) is 5.75 Å². The van der Waals surface area contributed by atoms with Crippen molar-refractivity contribution >= 4 is 28.8 Å². The highest BCUT2D eigenvalue weighted by Gasteiger charge is 2.05. The van der Waals surface area contributed by atoms with Gasteiger partial charge in [0, 0.05) is 5.56 Å². The second kappa shape index (κ2) is 6.25. The number of ether oxygens (including phenoxy) is 1. The summed E-state index contributed by atoms with van der Waals surface area (Å²) < 4.78 is 5.74. The molecule has 0 heterocycles. The number of rotatable bonds is 4. The normalized spacial score (nSPS) is 10.3. The van der Waals surface area contributed by atoms with E-state index in [1.807, 2.05) is 6.07 Å². The van der Waals surface area contributed by atoms with Gasteiger partial charge in [0.25, 0.3) is 0 Å². The highest BCUT2D eigenvalue weighted by atomic mass is 35.5. The summed E-state index contributed by atoms with van der Waals surface area (Å²) >= 11 is 11.1. The number of benzene rings is 2. The predicted molar refractivity (Wildman–Crippen MR) is 87.6 cm³/mol. The van der Waals surface area contributed by atoms with Crippen LogP contribution in [0.25, 0.3) is 0 Å². The smallest absolute Gasteiger partial charge is 0.138 e. The Morgan fingerprint density at radius 1 is 1.15 bits per heavy atom. The van der Waals surface area contributed by atoms with Gasteiger partial charge < -0.3 is 10.5 Å². The van der Waals surface area contributed by atoms with Crippen molar-refractivity contribution in [2.75, 3.05) is 0 Å². The number of thiocarbonyl (C=S) groups is 1. The van der Waals surface area contributed by atoms with E-state index in [-0.39, 0.29) is 0 Å². The van der Waals surface area contributed by atoms with Crippen molar-refractivity contribution in [1.29, 1.82) is 0 Å². The standard InChI is InChI=1S/C16H16ClNOS/c1-10-3-4-12(7-11(10)2)9-19-15-6-5-13(16(18)20)8-14(15)17/h3-8H,9H2,1-2H3,(H2,18,20). The summed E-state index contributed by atoms with van der Waals surface area (Å²) in [4.78, 5) is 0.326. The molecule has 4 heteroatoms. The van der Waals surface area contributed by atoms with Crippen LogP contribution in [-0.2, 0) is 6.61 Å². The first-order chi connectivity index (χ1) is 9.47. The number of aryl methyl sites for hydroxylation is 2. The Labute approximate surface area is 129 Å². The van der Waals surface area contributed by atoms with Crippen LogP contribution < -0.4 is 10.5 Å². The molecule has 0 aliphatic heterocycles. The molecule has 104 valence electrons. The van der Waals surface area contributed by atoms with Gasteiger partial charge in [-0.2, -0.15) is 0 Å². The zero-order chi connectivity index (χ0) is 14.7. The van der Waals surface area contributed by atoms with Crippen molar-refractivity contribution in [2.24, 2.45) is 5.73 Å². The lowest BCUT2D eigenvalue weighted by Crippen LogP contribution is -2.09. The van der Waals surface area contributed by atoms with Crippen LogP contribution in [-0.4, -0.2) is 4.99 Å². The van der Waals surface area contributed by atoms with Crippen LogP contribution in [0, 0.1) is 13.8 Å². The molecule has 0 aromatic heterocycles. The minimum atomic E-state index is 0.326. The molecular formula is C16H16ClNOS. The highest BCUT2D eigenvalue weighted by molar-refractivity contribution is 7.80. The minimum absolute atomic E-state index is 0.326. The number of nitrogens with two attached hydrogens (primary N) is 1. The Kier molecular flexibility index (Phi) is 4.63. The lowest BCUT2D eigenvalue weighted by atomic mass is 10.1. The molecule has 2 aromatic carbocycles. The maximum Gasteiger partial charge on any atom is 0.138 e. The third kappa shape index (κ3) is 3.50. The third-order valence-electron chi connectivity index (χ3n) is 3.18. The van der Waals surface area contributed by atoms with E-state index < -0.39 is 0 Å². The summed E-state index contributed by atoms with van der Waals surface area (Å²) in [5.41, 5.74) is 9.94. The average Bonchev–Trinajstić information content (AvgIpc) is 2.41. The fourth-order valence-electron chi connectivity index (χ4n) is 1.83. The number of halogens is 1. The molecule has 0 aliphatic rings. The quantitative estimate of drug-likeness (QED) is 0.861. The highest BCUT2D eigenvalue weighted by Crippen LogP contribution is 2.26. The van der Waals surface area contributed by atoms with E-state index in [0.717, 1.165) is 11.1 Å². The second-order valence-corrected chi connectivity index (χ2v) is 5.56. The Hall–Kier alpha value is -1.58. The fourth-order valence-corrected chi connectivity index (χ4v) is 2.19. The monoisotopic (exact) mass is 305 g/mol. The van der Waals surface area contributed by atoms with Gasteiger partial charge in [0.15, 0.2) is 0 Å². The van der Waals surface area contributed by atoms with Crippen LogP contribution in [0.2, 0.25) is 5.02 Å². The topological polar surface area (TPSA) is 35.2 Å². The van der Waals surface area contributed by atoms with Gasteiger partial charge in [-0.25, -0.2) is 0 Å². The molecule has 0 radical (unpaired) electrons. The van der Waals surface area contributed by atoms with Gasteiger partial charge in [-0.1, -0.05) is 42.0 Å². The van der Waals surface area contributed by atoms with Crippen molar-refractivity contribution in [3.63, 3.8) is 0 Å². The summed E-state index contributed by atoms with van der Waals surface area (Å²) in [6.45, 7) is 4.65. The number of hydrogen-bond donors (Lipinski definition) is 1. The maximum atomic E-state index is 6.16. The van der Waals surface area contributed by atoms with Crippen molar-refractivity contribution in [3.05, 3.63) is 63.7 Å². The average molecular weight is 306 g/mol. The molecule has 0 aliphatic carbocycles. The lowest BCUT2D eigenvalue weighted by Gasteiger charge is -2.10. The Balaban J connectivity index is 2.10. The van der Waals surface area contributed by atoms with E-state index in [1.165, 1.54) is 11.1 Å². The van der Waals surface area contributed by atoms with Gasteiger partial charge in [0.05, 0.1) is 5.02 Å². The van der Waals surface area contributed by atoms with Crippen LogP contribution >= 0.6 is 23.8 Å². The maximum absolute atomic E-state index is 6.16. The first-order valence-electron chi connectivity index (χ1n) is 6.25. The Morgan fingerprint density at radius 3 is 2.50 bits per heavy atom. The van der Waals surface area contributed by atoms with E-state index in [0.29, 0.717) is 22.4 Å². The molecule has 0 unspecified atom stereocenters. The van der Waals surface area contributed by atoms with E-state index >= 15 is 0 Å². The largest absolute Gasteiger partial charge is 0.487 e. The molecule has 0 saturated carbocycles. The van der Waals surface area contributed by atoms with Crippen LogP contribution in [0.4, 0.5) is 0 Å². The number of hydrogen-bond acceptors (Lipinski definition) is 2. The summed E-state index contributed by atoms with van der Waals surface area (Å²) in [5, 5.41) is 0.513. The summed E-state index contributed by atoms with van der Waals surface area (Å²) in [5.74, 6) is 0.630. The summed E-state index contributed by atoms with van der Waals surface area (Å²) in [6, 6.07) is 11.6.